The summed E-state index contributed by atoms with van der Waals surface area (Å²) in [4.78, 5) is 17.8. The molecular weight excluding hydrogens is 345 g/mol. The van der Waals surface area contributed by atoms with Gasteiger partial charge in [-0.05, 0) is 37.3 Å². The second-order valence-electron chi connectivity index (χ2n) is 5.23. The Kier molecular flexibility index (Phi) is 4.55. The molecule has 3 rings (SSSR count). The number of hydrogen-bond acceptors (Lipinski definition) is 5. The van der Waals surface area contributed by atoms with Crippen molar-refractivity contribution < 1.29 is 9.18 Å². The minimum absolute atomic E-state index is 0.0534. The molecule has 0 N–H and O–H groups in total. The molecule has 2 aromatic heterocycles. The highest BCUT2D eigenvalue weighted by Gasteiger charge is 2.28. The van der Waals surface area contributed by atoms with Crippen LogP contribution < -0.4 is 0 Å². The van der Waals surface area contributed by atoms with Gasteiger partial charge in [-0.15, -0.1) is 5.10 Å². The lowest BCUT2D eigenvalue weighted by Crippen LogP contribution is -2.14. The highest BCUT2D eigenvalue weighted by atomic mass is 35.5. The van der Waals surface area contributed by atoms with Crippen LogP contribution in [0.5, 0.6) is 0 Å². The zero-order valence-electron chi connectivity index (χ0n) is 13.0. The summed E-state index contributed by atoms with van der Waals surface area (Å²) in [5, 5.41) is 18.2. The van der Waals surface area contributed by atoms with Crippen molar-refractivity contribution >= 4 is 17.4 Å². The molecule has 6 nitrogen and oxygen atoms in total. The average Bonchev–Trinajstić information content (AvgIpc) is 2.99. The molecule has 2 heterocycles. The van der Waals surface area contributed by atoms with Crippen LogP contribution in [0.2, 0.25) is 5.02 Å². The number of nitriles is 1. The molecule has 0 amide bonds. The predicted molar refractivity (Wildman–Crippen MR) is 88.0 cm³/mol. The first kappa shape index (κ1) is 16.7. The number of benzene rings is 1. The van der Waals surface area contributed by atoms with E-state index in [1.54, 1.807) is 31.2 Å². The molecule has 3 aromatic rings. The largest absolute Gasteiger partial charge is 0.290 e. The molecule has 0 saturated carbocycles. The highest BCUT2D eigenvalue weighted by Crippen LogP contribution is 2.21. The third-order valence-electron chi connectivity index (χ3n) is 3.49. The second kappa shape index (κ2) is 6.79. The van der Waals surface area contributed by atoms with Gasteiger partial charge in [-0.3, -0.25) is 9.78 Å². The molecule has 0 radical (unpaired) electrons. The Bertz CT molecular complexity index is 977. The average molecular weight is 356 g/mol. The standard InChI is InChI=1S/C17H11ClFN5O/c1-10-16(23-24(22-10)13-4-2-3-11(18)7-13)17(25)14(8-20)15-6-5-12(19)9-21-15/h2-7,9,14H,1H3/t14-/m0/s1. The lowest BCUT2D eigenvalue weighted by atomic mass is 9.98. The monoisotopic (exact) mass is 355 g/mol. The summed E-state index contributed by atoms with van der Waals surface area (Å²) < 4.78 is 13.0. The maximum atomic E-state index is 13.0. The number of aromatic nitrogens is 4. The van der Waals surface area contributed by atoms with Gasteiger partial charge in [-0.25, -0.2) is 4.39 Å². The zero-order valence-corrected chi connectivity index (χ0v) is 13.8. The van der Waals surface area contributed by atoms with Crippen LogP contribution in [-0.2, 0) is 0 Å². The zero-order chi connectivity index (χ0) is 18.0. The summed E-state index contributed by atoms with van der Waals surface area (Å²) in [6.07, 6.45) is 0.961. The van der Waals surface area contributed by atoms with Crippen LogP contribution in [0, 0.1) is 24.1 Å². The maximum absolute atomic E-state index is 13.0. The number of ketones is 1. The van der Waals surface area contributed by atoms with Gasteiger partial charge in [0.2, 0.25) is 5.78 Å². The normalized spacial score (nSPS) is 11.8. The fourth-order valence-corrected chi connectivity index (χ4v) is 2.46. The van der Waals surface area contributed by atoms with Crippen molar-refractivity contribution in [3.63, 3.8) is 0 Å². The van der Waals surface area contributed by atoms with Gasteiger partial charge in [0.1, 0.15) is 5.82 Å². The smallest absolute Gasteiger partial charge is 0.208 e. The fourth-order valence-electron chi connectivity index (χ4n) is 2.28. The number of nitrogens with zero attached hydrogens (tertiary/aromatic N) is 5. The Morgan fingerprint density at radius 1 is 1.32 bits per heavy atom. The van der Waals surface area contributed by atoms with Gasteiger partial charge in [-0.2, -0.15) is 15.2 Å². The van der Waals surface area contributed by atoms with Crippen LogP contribution in [0.15, 0.2) is 42.6 Å². The molecule has 0 spiro atoms. The number of aryl methyl sites for hydroxylation is 1. The minimum Gasteiger partial charge on any atom is -0.290 e. The number of pyridine rings is 1. The predicted octanol–water partition coefficient (Wildman–Crippen LogP) is 3.25. The van der Waals surface area contributed by atoms with Crippen LogP contribution >= 0.6 is 11.6 Å². The van der Waals surface area contributed by atoms with Gasteiger partial charge in [0, 0.05) is 5.02 Å². The Balaban J connectivity index is 1.97. The minimum atomic E-state index is -1.19. The van der Waals surface area contributed by atoms with Crippen LogP contribution in [0.4, 0.5) is 4.39 Å². The molecule has 1 atom stereocenters. The second-order valence-corrected chi connectivity index (χ2v) is 5.67. The molecular formula is C17H11ClFN5O. The number of carbonyl (C=O) groups is 1. The number of hydrogen-bond donors (Lipinski definition) is 0. The van der Waals surface area contributed by atoms with E-state index in [1.807, 2.05) is 6.07 Å². The van der Waals surface area contributed by atoms with Crippen LogP contribution in [0.1, 0.15) is 27.8 Å². The van der Waals surface area contributed by atoms with Crippen LogP contribution in [0.3, 0.4) is 0 Å². The summed E-state index contributed by atoms with van der Waals surface area (Å²) in [5.41, 5.74) is 1.17. The van der Waals surface area contributed by atoms with E-state index in [-0.39, 0.29) is 11.4 Å². The first-order valence-corrected chi connectivity index (χ1v) is 7.62. The van der Waals surface area contributed by atoms with Crippen molar-refractivity contribution in [3.8, 4) is 11.8 Å². The van der Waals surface area contributed by atoms with Gasteiger partial charge < -0.3 is 0 Å². The third kappa shape index (κ3) is 3.39. The molecule has 0 aliphatic heterocycles. The van der Waals surface area contributed by atoms with Crippen molar-refractivity contribution in [1.82, 2.24) is 20.0 Å². The van der Waals surface area contributed by atoms with E-state index in [0.29, 0.717) is 16.4 Å². The Labute approximate surface area is 147 Å². The molecule has 0 bridgehead atoms. The Morgan fingerprint density at radius 2 is 2.12 bits per heavy atom. The van der Waals surface area contributed by atoms with Crippen LogP contribution in [0.25, 0.3) is 5.69 Å². The van der Waals surface area contributed by atoms with Gasteiger partial charge >= 0.3 is 0 Å². The molecule has 25 heavy (non-hydrogen) atoms. The molecule has 0 unspecified atom stereocenters. The van der Waals surface area contributed by atoms with Crippen molar-refractivity contribution in [2.75, 3.05) is 0 Å². The van der Waals surface area contributed by atoms with Gasteiger partial charge in [0.25, 0.3) is 0 Å². The van der Waals surface area contributed by atoms with E-state index in [2.05, 4.69) is 15.2 Å². The molecule has 0 saturated heterocycles. The number of Topliss-reactive ketones (excluding diaryl/α,β-unsaturated/α-hetero) is 1. The summed E-state index contributed by atoms with van der Waals surface area (Å²) >= 11 is 5.95. The number of carbonyl (C=O) groups excluding carboxylic acids is 1. The topological polar surface area (TPSA) is 84.5 Å². The molecule has 0 fully saturated rings. The van der Waals surface area contributed by atoms with E-state index < -0.39 is 17.5 Å². The van der Waals surface area contributed by atoms with Crippen molar-refractivity contribution in [1.29, 1.82) is 5.26 Å². The lowest BCUT2D eigenvalue weighted by molar-refractivity contribution is 0.0971. The van der Waals surface area contributed by atoms with Crippen molar-refractivity contribution in [2.45, 2.75) is 12.8 Å². The maximum Gasteiger partial charge on any atom is 0.208 e. The molecule has 8 heteroatoms. The fraction of sp³-hybridized carbons (Fsp3) is 0.118. The Morgan fingerprint density at radius 3 is 2.76 bits per heavy atom. The SMILES string of the molecule is Cc1nn(-c2cccc(Cl)c2)nc1C(=O)[C@@H](C#N)c1ccc(F)cn1. The lowest BCUT2D eigenvalue weighted by Gasteiger charge is -2.05. The van der Waals surface area contributed by atoms with Gasteiger partial charge in [0.15, 0.2) is 11.6 Å². The van der Waals surface area contributed by atoms with E-state index in [9.17, 15) is 14.4 Å². The van der Waals surface area contributed by atoms with Crippen molar-refractivity contribution in [3.05, 3.63) is 70.5 Å². The Hall–Kier alpha value is -3.11. The van der Waals surface area contributed by atoms with Crippen LogP contribution in [-0.4, -0.2) is 25.8 Å². The van der Waals surface area contributed by atoms with E-state index in [4.69, 9.17) is 11.6 Å². The van der Waals surface area contributed by atoms with Gasteiger partial charge in [-0.1, -0.05) is 17.7 Å². The first-order chi connectivity index (χ1) is 12.0. The molecule has 124 valence electrons. The van der Waals surface area contributed by atoms with E-state index in [1.165, 1.54) is 10.9 Å². The van der Waals surface area contributed by atoms with Crippen molar-refractivity contribution in [2.24, 2.45) is 0 Å². The van der Waals surface area contributed by atoms with E-state index in [0.717, 1.165) is 12.3 Å². The first-order valence-electron chi connectivity index (χ1n) is 7.25. The van der Waals surface area contributed by atoms with E-state index >= 15 is 0 Å². The summed E-state index contributed by atoms with van der Waals surface area (Å²) in [5.74, 6) is -2.29. The molecule has 1 aromatic carbocycles. The molecule has 0 aliphatic carbocycles. The summed E-state index contributed by atoms with van der Waals surface area (Å²) in [7, 11) is 0. The number of halogens is 2. The number of rotatable bonds is 4. The highest BCUT2D eigenvalue weighted by molar-refractivity contribution is 6.30. The molecule has 0 aliphatic rings. The summed E-state index contributed by atoms with van der Waals surface area (Å²) in [6, 6.07) is 11.2. The quantitative estimate of drug-likeness (QED) is 0.671. The third-order valence-corrected chi connectivity index (χ3v) is 3.73. The van der Waals surface area contributed by atoms with Gasteiger partial charge in [0.05, 0.1) is 29.3 Å². The summed E-state index contributed by atoms with van der Waals surface area (Å²) in [6.45, 7) is 1.62.